The van der Waals surface area contributed by atoms with Crippen LogP contribution in [0.3, 0.4) is 0 Å². The summed E-state index contributed by atoms with van der Waals surface area (Å²) in [6.07, 6.45) is 4.05. The summed E-state index contributed by atoms with van der Waals surface area (Å²) in [7, 11) is 0. The van der Waals surface area contributed by atoms with Crippen LogP contribution in [0.2, 0.25) is 0 Å². The monoisotopic (exact) mass is 406 g/mol. The second kappa shape index (κ2) is 23.4. The van der Waals surface area contributed by atoms with Crippen molar-refractivity contribution in [1.82, 2.24) is 4.98 Å². The summed E-state index contributed by atoms with van der Waals surface area (Å²) in [6.45, 7) is 5.37. The van der Waals surface area contributed by atoms with Gasteiger partial charge < -0.3 is 21.7 Å². The van der Waals surface area contributed by atoms with Gasteiger partial charge in [-0.2, -0.15) is 13.1 Å². The number of carboxylic acid groups (broad SMARTS) is 2. The van der Waals surface area contributed by atoms with Gasteiger partial charge in [-0.3, -0.25) is 14.6 Å². The number of pyridine rings is 1. The van der Waals surface area contributed by atoms with E-state index in [1.54, 1.807) is 18.2 Å². The maximum absolute atomic E-state index is 10.3. The SMILES string of the molecule is CCCC[NH-].CCCC[NH-].O=C(O)Cc1cccc(CC(=O)O)n1.[O]=[V+2]. The Morgan fingerprint density at radius 2 is 1.27 bits per heavy atom. The molecule has 0 saturated heterocycles. The van der Waals surface area contributed by atoms with Gasteiger partial charge in [0.2, 0.25) is 0 Å². The quantitative estimate of drug-likeness (QED) is 0.668. The molecule has 0 saturated carbocycles. The molecule has 1 aromatic heterocycles. The zero-order valence-electron chi connectivity index (χ0n) is 15.4. The molecule has 0 radical (unpaired) electrons. The van der Waals surface area contributed by atoms with E-state index in [0.29, 0.717) is 24.5 Å². The van der Waals surface area contributed by atoms with E-state index in [9.17, 15) is 9.59 Å². The van der Waals surface area contributed by atoms with E-state index in [0.717, 1.165) is 43.1 Å². The van der Waals surface area contributed by atoms with Crippen LogP contribution in [0.25, 0.3) is 11.5 Å². The van der Waals surface area contributed by atoms with Crippen molar-refractivity contribution in [2.75, 3.05) is 13.1 Å². The Morgan fingerprint density at radius 3 is 1.46 bits per heavy atom. The van der Waals surface area contributed by atoms with Crippen molar-refractivity contribution in [1.29, 1.82) is 0 Å². The van der Waals surface area contributed by atoms with E-state index in [2.05, 4.69) is 18.8 Å². The van der Waals surface area contributed by atoms with Crippen molar-refractivity contribution in [3.05, 3.63) is 41.1 Å². The van der Waals surface area contributed by atoms with Crippen LogP contribution in [0.1, 0.15) is 50.9 Å². The summed E-state index contributed by atoms with van der Waals surface area (Å²) in [5.74, 6) is -1.96. The topological polar surface area (TPSA) is 152 Å². The summed E-state index contributed by atoms with van der Waals surface area (Å²) in [5.41, 5.74) is 13.9. The van der Waals surface area contributed by atoms with Crippen molar-refractivity contribution < 1.29 is 40.8 Å². The van der Waals surface area contributed by atoms with E-state index >= 15 is 0 Å². The predicted octanol–water partition coefficient (Wildman–Crippen LogP) is 3.89. The third-order valence-corrected chi connectivity index (χ3v) is 2.59. The van der Waals surface area contributed by atoms with Crippen LogP contribution in [0.4, 0.5) is 0 Å². The van der Waals surface area contributed by atoms with Gasteiger partial charge >= 0.3 is 33.0 Å². The van der Waals surface area contributed by atoms with Crippen molar-refractivity contribution >= 4 is 11.9 Å². The number of nitrogens with zero attached hydrogens (tertiary/aromatic N) is 1. The summed E-state index contributed by atoms with van der Waals surface area (Å²) >= 11 is 1.06. The van der Waals surface area contributed by atoms with Crippen LogP contribution < -0.4 is 0 Å². The molecule has 0 aromatic carbocycles. The maximum atomic E-state index is 10.3. The van der Waals surface area contributed by atoms with Gasteiger partial charge in [-0.1, -0.05) is 45.6 Å². The fraction of sp³-hybridized carbons (Fsp3) is 0.588. The molecular weight excluding hydrogens is 377 g/mol. The number of nitrogens with one attached hydrogen (secondary N) is 2. The van der Waals surface area contributed by atoms with Gasteiger partial charge in [0.1, 0.15) is 0 Å². The van der Waals surface area contributed by atoms with Crippen molar-refractivity contribution in [2.45, 2.75) is 52.4 Å². The van der Waals surface area contributed by atoms with Crippen LogP contribution in [-0.4, -0.2) is 40.2 Å². The summed E-state index contributed by atoms with van der Waals surface area (Å²) in [6, 6.07) is 4.71. The Morgan fingerprint density at radius 1 is 0.923 bits per heavy atom. The van der Waals surface area contributed by atoms with Gasteiger partial charge in [0.25, 0.3) is 0 Å². The van der Waals surface area contributed by atoms with Crippen LogP contribution in [0.5, 0.6) is 0 Å². The van der Waals surface area contributed by atoms with E-state index < -0.39 is 11.9 Å². The molecule has 0 spiro atoms. The van der Waals surface area contributed by atoms with E-state index in [-0.39, 0.29) is 12.8 Å². The number of rotatable bonds is 8. The average Bonchev–Trinajstić information content (AvgIpc) is 2.58. The first-order chi connectivity index (χ1) is 12.4. The molecule has 0 aliphatic heterocycles. The number of hydrogen-bond donors (Lipinski definition) is 2. The molecule has 1 rings (SSSR count). The predicted molar refractivity (Wildman–Crippen MR) is 95.8 cm³/mol. The first-order valence-electron chi connectivity index (χ1n) is 8.26. The minimum atomic E-state index is -0.982. The summed E-state index contributed by atoms with van der Waals surface area (Å²) in [5, 5.41) is 17.0. The summed E-state index contributed by atoms with van der Waals surface area (Å²) < 4.78 is 8.19. The van der Waals surface area contributed by atoms with Gasteiger partial charge in [-0.25, -0.2) is 0 Å². The zero-order valence-corrected chi connectivity index (χ0v) is 16.8. The van der Waals surface area contributed by atoms with Gasteiger partial charge in [0.05, 0.1) is 24.2 Å². The molecule has 4 N–H and O–H groups in total. The molecule has 1 heterocycles. The van der Waals surface area contributed by atoms with E-state index in [1.807, 2.05) is 0 Å². The molecule has 147 valence electrons. The number of aliphatic carboxylic acids is 2. The molecule has 26 heavy (non-hydrogen) atoms. The van der Waals surface area contributed by atoms with Gasteiger partial charge in [-0.15, -0.1) is 0 Å². The Labute approximate surface area is 164 Å². The number of carboxylic acids is 2. The van der Waals surface area contributed by atoms with Gasteiger partial charge in [0.15, 0.2) is 0 Å². The molecule has 0 amide bonds. The number of hydrogen-bond acceptors (Lipinski definition) is 4. The molecule has 0 aliphatic carbocycles. The first-order valence-corrected chi connectivity index (χ1v) is 8.83. The molecule has 1 aromatic rings. The molecular formula is C17H29N3O5V. The summed E-state index contributed by atoms with van der Waals surface area (Å²) in [4.78, 5) is 24.6. The molecule has 8 nitrogen and oxygen atoms in total. The normalized spacial score (nSPS) is 8.69. The number of unbranched alkanes of at least 4 members (excludes halogenated alkanes) is 2. The Hall–Kier alpha value is -1.61. The third-order valence-electron chi connectivity index (χ3n) is 2.59. The Bertz CT molecular complexity index is 434. The number of carbonyl (C=O) groups is 2. The zero-order chi connectivity index (χ0) is 20.8. The minimum absolute atomic E-state index is 0.187. The van der Waals surface area contributed by atoms with Crippen LogP contribution in [-0.2, 0) is 43.5 Å². The second-order valence-electron chi connectivity index (χ2n) is 4.97. The first kappa shape index (κ1) is 29.2. The third kappa shape index (κ3) is 24.6. The van der Waals surface area contributed by atoms with Crippen molar-refractivity contribution in [3.8, 4) is 0 Å². The molecule has 9 heteroatoms. The molecule has 0 fully saturated rings. The fourth-order valence-electron chi connectivity index (χ4n) is 1.39. The molecule has 0 bridgehead atoms. The van der Waals surface area contributed by atoms with E-state index in [4.69, 9.17) is 25.4 Å². The van der Waals surface area contributed by atoms with Crippen LogP contribution in [0.15, 0.2) is 18.2 Å². The average molecular weight is 406 g/mol. The van der Waals surface area contributed by atoms with Gasteiger partial charge in [-0.05, 0) is 12.1 Å². The van der Waals surface area contributed by atoms with Gasteiger partial charge in [0, 0.05) is 0 Å². The van der Waals surface area contributed by atoms with Crippen LogP contribution in [0, 0.1) is 0 Å². The molecule has 0 atom stereocenters. The molecule has 0 aliphatic rings. The number of aromatic nitrogens is 1. The van der Waals surface area contributed by atoms with Crippen molar-refractivity contribution in [2.24, 2.45) is 0 Å². The second-order valence-corrected chi connectivity index (χ2v) is 4.97. The van der Waals surface area contributed by atoms with Crippen LogP contribution >= 0.6 is 0 Å². The Balaban J connectivity index is -0.000000366. The Kier molecular flexibility index (Phi) is 26.2. The standard InChI is InChI=1S/C9H9NO4.2C4H10N.O.V/c11-8(12)4-6-2-1-3-7(10-6)5-9(13)14;2*1-2-3-4-5;;/h1-3H,4-5H2,(H,11,12)(H,13,14);2*5H,2-4H2,1H3;;/q;2*-1;;+2. The molecule has 0 unspecified atom stereocenters. The van der Waals surface area contributed by atoms with Crippen molar-refractivity contribution in [3.63, 3.8) is 0 Å². The fourth-order valence-corrected chi connectivity index (χ4v) is 1.39. The van der Waals surface area contributed by atoms with E-state index in [1.165, 1.54) is 0 Å².